The van der Waals surface area contributed by atoms with E-state index in [1.807, 2.05) is 28.8 Å². The van der Waals surface area contributed by atoms with Crippen LogP contribution < -0.4 is 16.1 Å². The van der Waals surface area contributed by atoms with E-state index < -0.39 is 0 Å². The summed E-state index contributed by atoms with van der Waals surface area (Å²) in [5.74, 6) is 0.682. The quantitative estimate of drug-likeness (QED) is 0.605. The molecule has 10 heteroatoms. The van der Waals surface area contributed by atoms with Crippen molar-refractivity contribution in [2.45, 2.75) is 19.5 Å². The molecule has 1 saturated heterocycles. The van der Waals surface area contributed by atoms with Gasteiger partial charge in [-0.25, -0.2) is 4.79 Å². The second-order valence-electron chi connectivity index (χ2n) is 7.97. The Balaban J connectivity index is 1.57. The predicted molar refractivity (Wildman–Crippen MR) is 120 cm³/mol. The Morgan fingerprint density at radius 2 is 1.77 bits per heavy atom. The molecule has 0 spiro atoms. The van der Waals surface area contributed by atoms with Gasteiger partial charge >= 0.3 is 5.69 Å². The van der Waals surface area contributed by atoms with E-state index in [2.05, 4.69) is 9.80 Å². The van der Waals surface area contributed by atoms with Crippen molar-refractivity contribution in [2.75, 3.05) is 44.3 Å². The van der Waals surface area contributed by atoms with Crippen molar-refractivity contribution in [2.24, 2.45) is 7.05 Å². The Morgan fingerprint density at radius 3 is 2.52 bits per heavy atom. The van der Waals surface area contributed by atoms with Gasteiger partial charge in [0.2, 0.25) is 5.95 Å². The molecule has 0 aliphatic carbocycles. The molecule has 0 N–H and O–H groups in total. The first-order valence-electron chi connectivity index (χ1n) is 10.6. The maximum absolute atomic E-state index is 13.4. The lowest BCUT2D eigenvalue weighted by molar-refractivity contribution is 0.0361. The standard InChI is InChI=1S/C21H25ClN6O3/c1-24-18-17(19(29)28(21(24)30)10-9-25-11-13-31-14-12-25)27-8-2-7-26(20(27)23-18)16-5-3-15(22)4-6-16/h3-6H,2,7-14H2,1H3. The third-order valence-electron chi connectivity index (χ3n) is 6.10. The number of hydrogen-bond donors (Lipinski definition) is 0. The van der Waals surface area contributed by atoms with Crippen LogP contribution in [0.5, 0.6) is 0 Å². The minimum atomic E-state index is -0.334. The monoisotopic (exact) mass is 444 g/mol. The van der Waals surface area contributed by atoms with Gasteiger partial charge in [0.15, 0.2) is 11.2 Å². The van der Waals surface area contributed by atoms with Gasteiger partial charge < -0.3 is 14.2 Å². The summed E-state index contributed by atoms with van der Waals surface area (Å²) in [5.41, 5.74) is 1.26. The third kappa shape index (κ3) is 3.56. The van der Waals surface area contributed by atoms with E-state index in [9.17, 15) is 9.59 Å². The largest absolute Gasteiger partial charge is 0.379 e. The summed E-state index contributed by atoms with van der Waals surface area (Å²) in [6, 6.07) is 7.56. The molecule has 2 aliphatic rings. The number of aryl methyl sites for hydroxylation is 2. The number of hydrogen-bond acceptors (Lipinski definition) is 6. The molecule has 31 heavy (non-hydrogen) atoms. The molecule has 0 bridgehead atoms. The van der Waals surface area contributed by atoms with Crippen LogP contribution in [0.3, 0.4) is 0 Å². The van der Waals surface area contributed by atoms with Crippen LogP contribution in [0.4, 0.5) is 11.6 Å². The van der Waals surface area contributed by atoms with Gasteiger partial charge in [-0.2, -0.15) is 4.98 Å². The molecule has 5 rings (SSSR count). The molecule has 0 saturated carbocycles. The highest BCUT2D eigenvalue weighted by Gasteiger charge is 2.27. The molecule has 4 heterocycles. The van der Waals surface area contributed by atoms with Crippen LogP contribution in [0.25, 0.3) is 11.2 Å². The molecule has 0 radical (unpaired) electrons. The van der Waals surface area contributed by atoms with Crippen LogP contribution in [0.15, 0.2) is 33.9 Å². The number of anilines is 2. The third-order valence-corrected chi connectivity index (χ3v) is 6.35. The number of benzene rings is 1. The summed E-state index contributed by atoms with van der Waals surface area (Å²) in [7, 11) is 1.68. The average Bonchev–Trinajstić information content (AvgIpc) is 3.19. The zero-order chi connectivity index (χ0) is 21.5. The minimum absolute atomic E-state index is 0.275. The molecular weight excluding hydrogens is 420 g/mol. The smallest absolute Gasteiger partial charge is 0.332 e. The van der Waals surface area contributed by atoms with E-state index in [0.29, 0.717) is 55.0 Å². The van der Waals surface area contributed by atoms with Crippen LogP contribution in [0.2, 0.25) is 5.02 Å². The number of halogens is 1. The van der Waals surface area contributed by atoms with E-state index in [-0.39, 0.29) is 11.2 Å². The van der Waals surface area contributed by atoms with Crippen molar-refractivity contribution >= 4 is 34.4 Å². The Hall–Kier alpha value is -2.62. The van der Waals surface area contributed by atoms with Gasteiger partial charge in [-0.15, -0.1) is 0 Å². The second kappa shape index (κ2) is 8.14. The number of ether oxygens (including phenoxy) is 1. The molecule has 1 fully saturated rings. The van der Waals surface area contributed by atoms with Crippen molar-refractivity contribution in [1.29, 1.82) is 0 Å². The summed E-state index contributed by atoms with van der Waals surface area (Å²) < 4.78 is 10.2. The van der Waals surface area contributed by atoms with E-state index in [1.54, 1.807) is 7.05 Å². The lowest BCUT2D eigenvalue weighted by atomic mass is 10.2. The molecule has 2 aliphatic heterocycles. The van der Waals surface area contributed by atoms with Crippen LogP contribution in [0.1, 0.15) is 6.42 Å². The summed E-state index contributed by atoms with van der Waals surface area (Å²) in [4.78, 5) is 35.4. The normalized spacial score (nSPS) is 17.3. The fourth-order valence-corrected chi connectivity index (χ4v) is 4.52. The van der Waals surface area contributed by atoms with Crippen molar-refractivity contribution in [1.82, 2.24) is 23.6 Å². The number of aromatic nitrogens is 4. The molecule has 164 valence electrons. The maximum Gasteiger partial charge on any atom is 0.332 e. The number of imidazole rings is 1. The highest BCUT2D eigenvalue weighted by Crippen LogP contribution is 2.31. The summed E-state index contributed by atoms with van der Waals surface area (Å²) >= 11 is 6.05. The topological polar surface area (TPSA) is 77.5 Å². The lowest BCUT2D eigenvalue weighted by Crippen LogP contribution is -2.44. The summed E-state index contributed by atoms with van der Waals surface area (Å²) in [6.07, 6.45) is 0.872. The van der Waals surface area contributed by atoms with E-state index in [4.69, 9.17) is 21.3 Å². The Bertz CT molecular complexity index is 1220. The molecule has 1 aromatic carbocycles. The number of fused-ring (bicyclic) bond motifs is 3. The lowest BCUT2D eigenvalue weighted by Gasteiger charge is -2.29. The molecule has 0 unspecified atom stereocenters. The van der Waals surface area contributed by atoms with Gasteiger partial charge in [-0.3, -0.25) is 18.8 Å². The molecule has 0 atom stereocenters. The van der Waals surface area contributed by atoms with Gasteiger partial charge in [0.1, 0.15) is 0 Å². The number of rotatable bonds is 4. The van der Waals surface area contributed by atoms with Gasteiger partial charge in [0.05, 0.1) is 13.2 Å². The number of nitrogens with zero attached hydrogens (tertiary/aromatic N) is 6. The zero-order valence-corrected chi connectivity index (χ0v) is 18.2. The van der Waals surface area contributed by atoms with Gasteiger partial charge in [-0.05, 0) is 30.7 Å². The zero-order valence-electron chi connectivity index (χ0n) is 17.5. The van der Waals surface area contributed by atoms with Crippen molar-refractivity contribution < 1.29 is 4.74 Å². The Kier molecular flexibility index (Phi) is 5.33. The SMILES string of the molecule is Cn1c(=O)n(CCN2CCOCC2)c(=O)c2c1nc1n2CCCN1c1ccc(Cl)cc1. The molecule has 2 aromatic heterocycles. The van der Waals surface area contributed by atoms with Crippen molar-refractivity contribution in [3.63, 3.8) is 0 Å². The highest BCUT2D eigenvalue weighted by atomic mass is 35.5. The van der Waals surface area contributed by atoms with Crippen LogP contribution in [-0.2, 0) is 24.9 Å². The van der Waals surface area contributed by atoms with E-state index in [1.165, 1.54) is 9.13 Å². The molecular formula is C21H25ClN6O3. The summed E-state index contributed by atoms with van der Waals surface area (Å²) in [6.45, 7) is 5.46. The van der Waals surface area contributed by atoms with E-state index >= 15 is 0 Å². The van der Waals surface area contributed by atoms with Gasteiger partial charge in [0, 0.05) is 57.0 Å². The van der Waals surface area contributed by atoms with Crippen LogP contribution in [0, 0.1) is 0 Å². The minimum Gasteiger partial charge on any atom is -0.379 e. The summed E-state index contributed by atoms with van der Waals surface area (Å²) in [5, 5.41) is 0.666. The van der Waals surface area contributed by atoms with E-state index in [0.717, 1.165) is 31.7 Å². The fraction of sp³-hybridized carbons (Fsp3) is 0.476. The molecule has 9 nitrogen and oxygen atoms in total. The Morgan fingerprint density at radius 1 is 1.03 bits per heavy atom. The predicted octanol–water partition coefficient (Wildman–Crippen LogP) is 1.42. The first kappa shape index (κ1) is 20.3. The van der Waals surface area contributed by atoms with Crippen LogP contribution >= 0.6 is 11.6 Å². The average molecular weight is 445 g/mol. The number of morpholine rings is 1. The van der Waals surface area contributed by atoms with Crippen molar-refractivity contribution in [3.05, 3.63) is 50.1 Å². The van der Waals surface area contributed by atoms with Crippen molar-refractivity contribution in [3.8, 4) is 0 Å². The maximum atomic E-state index is 13.4. The first-order chi connectivity index (χ1) is 15.0. The molecule has 0 amide bonds. The molecule has 3 aromatic rings. The fourth-order valence-electron chi connectivity index (χ4n) is 4.39. The second-order valence-corrected chi connectivity index (χ2v) is 8.41. The van der Waals surface area contributed by atoms with Crippen LogP contribution in [-0.4, -0.2) is 63.0 Å². The first-order valence-corrected chi connectivity index (χ1v) is 11.0. The highest BCUT2D eigenvalue weighted by molar-refractivity contribution is 6.30. The van der Waals surface area contributed by atoms with Gasteiger partial charge in [-0.1, -0.05) is 11.6 Å². The van der Waals surface area contributed by atoms with Gasteiger partial charge in [0.25, 0.3) is 5.56 Å². The Labute approximate surface area is 184 Å².